The Balaban J connectivity index is 2.12. The maximum Gasteiger partial charge on any atom is 0.0348 e. The van der Waals surface area contributed by atoms with Crippen LogP contribution < -0.4 is 0 Å². The minimum atomic E-state index is 0.317. The molecular formula is C20H16. The van der Waals surface area contributed by atoms with Gasteiger partial charge in [0.1, 0.15) is 0 Å². The minimum Gasteiger partial charge on any atom is -0.0987 e. The van der Waals surface area contributed by atoms with E-state index in [1.807, 2.05) is 12.2 Å². The van der Waals surface area contributed by atoms with Gasteiger partial charge in [0.2, 0.25) is 0 Å². The van der Waals surface area contributed by atoms with E-state index in [0.29, 0.717) is 11.8 Å². The Morgan fingerprint density at radius 1 is 0.600 bits per heavy atom. The van der Waals surface area contributed by atoms with Crippen molar-refractivity contribution in [3.63, 3.8) is 0 Å². The zero-order valence-corrected chi connectivity index (χ0v) is 11.3. The molecule has 2 aromatic carbocycles. The summed E-state index contributed by atoms with van der Waals surface area (Å²) in [5.41, 5.74) is 8.35. The van der Waals surface area contributed by atoms with Gasteiger partial charge in [-0.1, -0.05) is 73.8 Å². The van der Waals surface area contributed by atoms with Crippen molar-refractivity contribution < 1.29 is 0 Å². The fraction of sp³-hybridized carbons (Fsp3) is 0.100. The van der Waals surface area contributed by atoms with Crippen LogP contribution in [0.1, 0.15) is 34.1 Å². The van der Waals surface area contributed by atoms with E-state index in [1.54, 1.807) is 0 Å². The van der Waals surface area contributed by atoms with Gasteiger partial charge in [-0.05, 0) is 33.4 Å². The maximum absolute atomic E-state index is 4.04. The van der Waals surface area contributed by atoms with Gasteiger partial charge in [0.15, 0.2) is 0 Å². The van der Waals surface area contributed by atoms with Crippen LogP contribution in [-0.4, -0.2) is 0 Å². The summed E-state index contributed by atoms with van der Waals surface area (Å²) in [6, 6.07) is 17.6. The second-order valence-corrected chi connectivity index (χ2v) is 5.44. The zero-order valence-electron chi connectivity index (χ0n) is 11.3. The third kappa shape index (κ3) is 1.26. The second kappa shape index (κ2) is 4.08. The highest BCUT2D eigenvalue weighted by atomic mass is 14.4. The Bertz CT molecular complexity index is 650. The summed E-state index contributed by atoms with van der Waals surface area (Å²) in [5, 5.41) is 0. The lowest BCUT2D eigenvalue weighted by molar-refractivity contribution is 0.758. The van der Waals surface area contributed by atoms with E-state index in [9.17, 15) is 0 Å². The second-order valence-electron chi connectivity index (χ2n) is 5.44. The molecule has 0 heterocycles. The van der Waals surface area contributed by atoms with Crippen molar-refractivity contribution in [2.45, 2.75) is 11.8 Å². The van der Waals surface area contributed by atoms with Gasteiger partial charge in [-0.25, -0.2) is 0 Å². The summed E-state index contributed by atoms with van der Waals surface area (Å²) < 4.78 is 0. The topological polar surface area (TPSA) is 0 Å². The van der Waals surface area contributed by atoms with E-state index < -0.39 is 0 Å². The van der Waals surface area contributed by atoms with Gasteiger partial charge in [0, 0.05) is 11.8 Å². The number of hydrogen-bond donors (Lipinski definition) is 0. The molecule has 0 radical (unpaired) electrons. The zero-order chi connectivity index (χ0) is 13.7. The van der Waals surface area contributed by atoms with Crippen molar-refractivity contribution in [3.8, 4) is 0 Å². The Kier molecular flexibility index (Phi) is 2.34. The summed E-state index contributed by atoms with van der Waals surface area (Å²) in [6.45, 7) is 8.08. The molecule has 0 N–H and O–H groups in total. The molecular weight excluding hydrogens is 240 g/mol. The number of benzene rings is 2. The summed E-state index contributed by atoms with van der Waals surface area (Å²) in [5.74, 6) is 0.635. The molecule has 5 rings (SSSR count). The molecule has 2 bridgehead atoms. The molecule has 96 valence electrons. The highest BCUT2D eigenvalue weighted by Crippen LogP contribution is 2.55. The van der Waals surface area contributed by atoms with Crippen LogP contribution in [0, 0.1) is 0 Å². The molecule has 20 heavy (non-hydrogen) atoms. The Morgan fingerprint density at radius 2 is 0.900 bits per heavy atom. The Hall–Kier alpha value is -2.34. The van der Waals surface area contributed by atoms with E-state index in [1.165, 1.54) is 33.4 Å². The number of hydrogen-bond acceptors (Lipinski definition) is 0. The van der Waals surface area contributed by atoms with E-state index in [2.05, 4.69) is 61.7 Å². The summed E-state index contributed by atoms with van der Waals surface area (Å²) in [6.07, 6.45) is 4.03. The minimum absolute atomic E-state index is 0.317. The lowest BCUT2D eigenvalue weighted by Crippen LogP contribution is -2.27. The fourth-order valence-corrected chi connectivity index (χ4v) is 3.88. The van der Waals surface area contributed by atoms with Crippen LogP contribution in [0.5, 0.6) is 0 Å². The molecule has 3 aliphatic rings. The van der Waals surface area contributed by atoms with E-state index in [0.717, 1.165) is 0 Å². The first-order valence-corrected chi connectivity index (χ1v) is 7.03. The van der Waals surface area contributed by atoms with Gasteiger partial charge >= 0.3 is 0 Å². The van der Waals surface area contributed by atoms with Crippen LogP contribution in [0.4, 0.5) is 0 Å². The first-order chi connectivity index (χ1) is 9.86. The Labute approximate surface area is 119 Å². The first-order valence-electron chi connectivity index (χ1n) is 7.03. The van der Waals surface area contributed by atoms with Gasteiger partial charge in [-0.2, -0.15) is 0 Å². The molecule has 0 amide bonds. The molecule has 0 saturated carbocycles. The molecule has 3 aliphatic carbocycles. The highest BCUT2D eigenvalue weighted by Gasteiger charge is 2.40. The first kappa shape index (κ1) is 11.5. The molecule has 0 aromatic heterocycles. The van der Waals surface area contributed by atoms with Crippen LogP contribution in [0.2, 0.25) is 0 Å². The fourth-order valence-electron chi connectivity index (χ4n) is 3.88. The average molecular weight is 256 g/mol. The van der Waals surface area contributed by atoms with Crippen molar-refractivity contribution in [3.05, 3.63) is 107 Å². The molecule has 0 saturated heterocycles. The van der Waals surface area contributed by atoms with Crippen molar-refractivity contribution in [1.29, 1.82) is 0 Å². The number of allylic oxidation sites excluding steroid dienone is 4. The lowest BCUT2D eigenvalue weighted by Gasteiger charge is -2.42. The summed E-state index contributed by atoms with van der Waals surface area (Å²) in [4.78, 5) is 0. The maximum atomic E-state index is 4.04. The van der Waals surface area contributed by atoms with Crippen molar-refractivity contribution in [2.75, 3.05) is 0 Å². The van der Waals surface area contributed by atoms with E-state index in [-0.39, 0.29) is 0 Å². The molecule has 2 aromatic rings. The number of rotatable bonds is 2. The third-order valence-electron chi connectivity index (χ3n) is 4.63. The average Bonchev–Trinajstić information content (AvgIpc) is 2.53. The molecule has 0 unspecified atom stereocenters. The molecule has 0 spiro atoms. The molecule has 0 fully saturated rings. The highest BCUT2D eigenvalue weighted by molar-refractivity contribution is 5.68. The quantitative estimate of drug-likeness (QED) is 0.713. The van der Waals surface area contributed by atoms with Crippen LogP contribution in [0.25, 0.3) is 0 Å². The largest absolute Gasteiger partial charge is 0.0987 e. The van der Waals surface area contributed by atoms with Crippen LogP contribution >= 0.6 is 0 Å². The van der Waals surface area contributed by atoms with Crippen molar-refractivity contribution >= 4 is 0 Å². The van der Waals surface area contributed by atoms with Gasteiger partial charge in [0.25, 0.3) is 0 Å². The summed E-state index contributed by atoms with van der Waals surface area (Å²) >= 11 is 0. The summed E-state index contributed by atoms with van der Waals surface area (Å²) in [7, 11) is 0. The van der Waals surface area contributed by atoms with Gasteiger partial charge in [-0.15, -0.1) is 0 Å². The van der Waals surface area contributed by atoms with Gasteiger partial charge in [-0.3, -0.25) is 0 Å². The molecule has 0 atom stereocenters. The molecule has 0 nitrogen and oxygen atoms in total. The Morgan fingerprint density at radius 3 is 1.15 bits per heavy atom. The monoisotopic (exact) mass is 256 g/mol. The predicted molar refractivity (Wildman–Crippen MR) is 84.0 cm³/mol. The smallest absolute Gasteiger partial charge is 0.0348 e. The normalized spacial score (nSPS) is 22.2. The SMILES string of the molecule is C=CC1=C(C=C)C2c3ccccc3C1c1ccccc12. The van der Waals surface area contributed by atoms with E-state index in [4.69, 9.17) is 0 Å². The molecule has 0 aliphatic heterocycles. The third-order valence-corrected chi connectivity index (χ3v) is 4.63. The van der Waals surface area contributed by atoms with Gasteiger partial charge < -0.3 is 0 Å². The predicted octanol–water partition coefficient (Wildman–Crippen LogP) is 4.95. The van der Waals surface area contributed by atoms with Crippen molar-refractivity contribution in [2.24, 2.45) is 0 Å². The van der Waals surface area contributed by atoms with Crippen molar-refractivity contribution in [1.82, 2.24) is 0 Å². The van der Waals surface area contributed by atoms with Gasteiger partial charge in [0.05, 0.1) is 0 Å². The standard InChI is InChI=1S/C20H16/c1-3-13-14(4-2)20-17-11-7-5-9-15(17)19(13)16-10-6-8-12-18(16)20/h3-12,19-20H,1-2H2. The van der Waals surface area contributed by atoms with Crippen LogP contribution in [-0.2, 0) is 0 Å². The van der Waals surface area contributed by atoms with Crippen LogP contribution in [0.3, 0.4) is 0 Å². The lowest BCUT2D eigenvalue weighted by atomic mass is 9.61. The van der Waals surface area contributed by atoms with Crippen LogP contribution in [0.15, 0.2) is 85.0 Å². The molecule has 0 heteroatoms. The van der Waals surface area contributed by atoms with E-state index >= 15 is 0 Å².